The number of hydrogen-bond acceptors (Lipinski definition) is 3. The molecule has 0 saturated carbocycles. The molecule has 0 unspecified atom stereocenters. The third-order valence-electron chi connectivity index (χ3n) is 2.86. The number of fused-ring (bicyclic) bond motifs is 1. The summed E-state index contributed by atoms with van der Waals surface area (Å²) >= 11 is 0. The molecule has 19 heavy (non-hydrogen) atoms. The first-order valence-electron chi connectivity index (χ1n) is 5.61. The van der Waals surface area contributed by atoms with E-state index >= 15 is 0 Å². The van der Waals surface area contributed by atoms with Gasteiger partial charge in [0.2, 0.25) is 0 Å². The lowest BCUT2D eigenvalue weighted by atomic mass is 10.1. The molecule has 0 atom stereocenters. The monoisotopic (exact) mass is 259 g/mol. The molecule has 2 aromatic rings. The number of carbonyl (C=O) groups is 1. The molecule has 5 nitrogen and oxygen atoms in total. The summed E-state index contributed by atoms with van der Waals surface area (Å²) in [4.78, 5) is 22.6. The van der Waals surface area contributed by atoms with Gasteiger partial charge in [-0.05, 0) is 30.3 Å². The van der Waals surface area contributed by atoms with Crippen molar-refractivity contribution in [2.24, 2.45) is 7.05 Å². The van der Waals surface area contributed by atoms with Crippen LogP contribution in [0.15, 0.2) is 35.1 Å². The first kappa shape index (κ1) is 12.9. The van der Waals surface area contributed by atoms with Gasteiger partial charge in [-0.1, -0.05) is 0 Å². The molecule has 0 amide bonds. The van der Waals surface area contributed by atoms with Crippen molar-refractivity contribution in [3.05, 3.63) is 46.3 Å². The molecule has 0 fully saturated rings. The van der Waals surface area contributed by atoms with E-state index in [4.69, 9.17) is 9.84 Å². The van der Waals surface area contributed by atoms with Crippen molar-refractivity contribution in [2.45, 2.75) is 0 Å². The van der Waals surface area contributed by atoms with Crippen LogP contribution in [0.4, 0.5) is 0 Å². The third-order valence-corrected chi connectivity index (χ3v) is 2.86. The molecule has 0 aliphatic heterocycles. The van der Waals surface area contributed by atoms with Gasteiger partial charge in [-0.15, -0.1) is 0 Å². The van der Waals surface area contributed by atoms with Crippen LogP contribution in [-0.4, -0.2) is 22.8 Å². The minimum absolute atomic E-state index is 0.241. The molecule has 0 spiro atoms. The zero-order valence-corrected chi connectivity index (χ0v) is 10.6. The number of nitrogens with zero attached hydrogens (tertiary/aromatic N) is 1. The molecule has 1 aromatic carbocycles. The standard InChI is InChI=1S/C14H13NO4/c1-15-12-5-4-11(19-2)8-10(12)7-9(14(15)18)3-6-13(16)17/h3-8H,1-2H3,(H,16,17). The van der Waals surface area contributed by atoms with Gasteiger partial charge in [-0.3, -0.25) is 4.79 Å². The Bertz CT molecular complexity index is 728. The normalized spacial score (nSPS) is 11.1. The zero-order valence-electron chi connectivity index (χ0n) is 10.6. The van der Waals surface area contributed by atoms with E-state index in [1.807, 2.05) is 0 Å². The third kappa shape index (κ3) is 2.49. The summed E-state index contributed by atoms with van der Waals surface area (Å²) in [5.74, 6) is -0.410. The number of carboxylic acids is 1. The number of methoxy groups -OCH3 is 1. The van der Waals surface area contributed by atoms with Crippen LogP contribution in [0.5, 0.6) is 5.75 Å². The van der Waals surface area contributed by atoms with Crippen molar-refractivity contribution >= 4 is 22.9 Å². The zero-order chi connectivity index (χ0) is 14.0. The predicted octanol–water partition coefficient (Wildman–Crippen LogP) is 1.64. The smallest absolute Gasteiger partial charge is 0.328 e. The number of benzene rings is 1. The van der Waals surface area contributed by atoms with E-state index in [0.717, 1.165) is 17.0 Å². The molecule has 0 bridgehead atoms. The van der Waals surface area contributed by atoms with Gasteiger partial charge in [0.15, 0.2) is 0 Å². The number of aromatic nitrogens is 1. The van der Waals surface area contributed by atoms with E-state index in [2.05, 4.69) is 0 Å². The summed E-state index contributed by atoms with van der Waals surface area (Å²) in [5, 5.41) is 9.43. The largest absolute Gasteiger partial charge is 0.497 e. The van der Waals surface area contributed by atoms with Crippen LogP contribution < -0.4 is 10.3 Å². The van der Waals surface area contributed by atoms with Gasteiger partial charge >= 0.3 is 5.97 Å². The first-order chi connectivity index (χ1) is 9.02. The summed E-state index contributed by atoms with van der Waals surface area (Å²) in [6, 6.07) is 7.02. The Morgan fingerprint density at radius 3 is 2.74 bits per heavy atom. The number of carboxylic acid groups (broad SMARTS) is 1. The number of rotatable bonds is 3. The average molecular weight is 259 g/mol. The van der Waals surface area contributed by atoms with Gasteiger partial charge in [0.1, 0.15) is 5.75 Å². The Labute approximate surface area is 109 Å². The van der Waals surface area contributed by atoms with Crippen LogP contribution in [-0.2, 0) is 11.8 Å². The molecule has 0 aliphatic rings. The quantitative estimate of drug-likeness (QED) is 0.851. The number of pyridine rings is 1. The second-order valence-electron chi connectivity index (χ2n) is 4.06. The maximum atomic E-state index is 12.0. The van der Waals surface area contributed by atoms with Crippen molar-refractivity contribution < 1.29 is 14.6 Å². The van der Waals surface area contributed by atoms with E-state index in [-0.39, 0.29) is 5.56 Å². The number of aliphatic carboxylic acids is 1. The fraction of sp³-hybridized carbons (Fsp3) is 0.143. The summed E-state index contributed by atoms with van der Waals surface area (Å²) in [5.41, 5.74) is 0.846. The van der Waals surface area contributed by atoms with E-state index in [0.29, 0.717) is 11.3 Å². The molecule has 2 rings (SSSR count). The Morgan fingerprint density at radius 1 is 1.37 bits per heavy atom. The van der Waals surface area contributed by atoms with E-state index < -0.39 is 5.97 Å². The summed E-state index contributed by atoms with van der Waals surface area (Å²) in [6.45, 7) is 0. The molecular weight excluding hydrogens is 246 g/mol. The highest BCUT2D eigenvalue weighted by molar-refractivity contribution is 5.87. The molecular formula is C14H13NO4. The Balaban J connectivity index is 2.69. The minimum Gasteiger partial charge on any atom is -0.497 e. The second kappa shape index (κ2) is 4.97. The summed E-state index contributed by atoms with van der Waals surface area (Å²) in [7, 11) is 3.21. The number of hydrogen-bond donors (Lipinski definition) is 1. The highest BCUT2D eigenvalue weighted by Crippen LogP contribution is 2.20. The lowest BCUT2D eigenvalue weighted by Crippen LogP contribution is -2.19. The topological polar surface area (TPSA) is 68.5 Å². The Hall–Kier alpha value is -2.56. The lowest BCUT2D eigenvalue weighted by molar-refractivity contribution is -0.131. The van der Waals surface area contributed by atoms with Gasteiger partial charge in [0.25, 0.3) is 5.56 Å². The van der Waals surface area contributed by atoms with E-state index in [1.165, 1.54) is 10.6 Å². The predicted molar refractivity (Wildman–Crippen MR) is 72.4 cm³/mol. The SMILES string of the molecule is COc1ccc2c(c1)cc(C=CC(=O)O)c(=O)n2C. The highest BCUT2D eigenvalue weighted by atomic mass is 16.5. The van der Waals surface area contributed by atoms with Gasteiger partial charge in [0.05, 0.1) is 12.6 Å². The van der Waals surface area contributed by atoms with Crippen molar-refractivity contribution in [1.82, 2.24) is 4.57 Å². The number of ether oxygens (including phenoxy) is 1. The minimum atomic E-state index is -1.09. The van der Waals surface area contributed by atoms with Crippen LogP contribution in [0.1, 0.15) is 5.56 Å². The average Bonchev–Trinajstić information content (AvgIpc) is 2.40. The maximum absolute atomic E-state index is 12.0. The van der Waals surface area contributed by atoms with Gasteiger partial charge < -0.3 is 14.4 Å². The maximum Gasteiger partial charge on any atom is 0.328 e. The molecule has 0 saturated heterocycles. The van der Waals surface area contributed by atoms with E-state index in [9.17, 15) is 9.59 Å². The van der Waals surface area contributed by atoms with Crippen molar-refractivity contribution in [2.75, 3.05) is 7.11 Å². The molecule has 1 heterocycles. The van der Waals surface area contributed by atoms with Gasteiger partial charge in [-0.2, -0.15) is 0 Å². The first-order valence-corrected chi connectivity index (χ1v) is 5.61. The van der Waals surface area contributed by atoms with Crippen LogP contribution in [0.2, 0.25) is 0 Å². The van der Waals surface area contributed by atoms with Gasteiger partial charge in [0, 0.05) is 24.1 Å². The molecule has 0 radical (unpaired) electrons. The lowest BCUT2D eigenvalue weighted by Gasteiger charge is -2.08. The fourth-order valence-electron chi connectivity index (χ4n) is 1.89. The molecule has 0 aliphatic carbocycles. The molecule has 1 N–H and O–H groups in total. The van der Waals surface area contributed by atoms with Crippen molar-refractivity contribution in [3.8, 4) is 5.75 Å². The number of aryl methyl sites for hydroxylation is 1. The highest BCUT2D eigenvalue weighted by Gasteiger charge is 2.06. The Morgan fingerprint density at radius 2 is 2.11 bits per heavy atom. The van der Waals surface area contributed by atoms with Crippen LogP contribution in [0.25, 0.3) is 17.0 Å². The van der Waals surface area contributed by atoms with Crippen LogP contribution >= 0.6 is 0 Å². The van der Waals surface area contributed by atoms with Crippen molar-refractivity contribution in [1.29, 1.82) is 0 Å². The van der Waals surface area contributed by atoms with Crippen molar-refractivity contribution in [3.63, 3.8) is 0 Å². The Kier molecular flexibility index (Phi) is 3.37. The summed E-state index contributed by atoms with van der Waals surface area (Å²) in [6.07, 6.45) is 2.24. The molecule has 5 heteroatoms. The summed E-state index contributed by atoms with van der Waals surface area (Å²) < 4.78 is 6.61. The molecule has 98 valence electrons. The van der Waals surface area contributed by atoms with Crippen LogP contribution in [0, 0.1) is 0 Å². The van der Waals surface area contributed by atoms with Gasteiger partial charge in [-0.25, -0.2) is 4.79 Å². The van der Waals surface area contributed by atoms with Crippen LogP contribution in [0.3, 0.4) is 0 Å². The van der Waals surface area contributed by atoms with E-state index in [1.54, 1.807) is 38.4 Å². The second-order valence-corrected chi connectivity index (χ2v) is 4.06. The fourth-order valence-corrected chi connectivity index (χ4v) is 1.89. The molecule has 1 aromatic heterocycles.